The van der Waals surface area contributed by atoms with E-state index in [1.165, 1.54) is 6.33 Å². The van der Waals surface area contributed by atoms with Crippen LogP contribution < -0.4 is 19.9 Å². The van der Waals surface area contributed by atoms with Gasteiger partial charge in [0.1, 0.15) is 6.33 Å². The Morgan fingerprint density at radius 3 is 1.75 bits per heavy atom. The van der Waals surface area contributed by atoms with Gasteiger partial charge in [0.2, 0.25) is 5.75 Å². The fraction of sp³-hybridized carbons (Fsp3) is 0.286. The zero-order valence-corrected chi connectivity index (χ0v) is 11.9. The summed E-state index contributed by atoms with van der Waals surface area (Å²) in [6, 6.07) is 5.45. The van der Waals surface area contributed by atoms with Gasteiger partial charge in [-0.2, -0.15) is 0 Å². The van der Waals surface area contributed by atoms with Crippen LogP contribution in [0.2, 0.25) is 0 Å². The van der Waals surface area contributed by atoms with Gasteiger partial charge < -0.3 is 19.9 Å². The molecule has 0 aliphatic carbocycles. The third kappa shape index (κ3) is 4.40. The summed E-state index contributed by atoms with van der Waals surface area (Å²) < 4.78 is 15.5. The van der Waals surface area contributed by atoms with Gasteiger partial charge in [0.25, 0.3) is 0 Å². The van der Waals surface area contributed by atoms with E-state index < -0.39 is 0 Å². The standard InChI is InChI=1S/C10H15NO3.C4H4N2/c1-12-8-4-7(6-11)5-9(13-2)10(8)14-3;1-2-5-4-6-3-1/h4-5H,6,11H2,1-3H3;1-4H. The molecule has 1 aromatic carbocycles. The first kappa shape index (κ1) is 15.7. The molecule has 0 atom stereocenters. The van der Waals surface area contributed by atoms with Crippen LogP contribution in [-0.2, 0) is 6.54 Å². The van der Waals surface area contributed by atoms with Crippen LogP contribution >= 0.6 is 0 Å². The minimum absolute atomic E-state index is 0.441. The van der Waals surface area contributed by atoms with E-state index in [1.807, 2.05) is 12.1 Å². The third-order valence-corrected chi connectivity index (χ3v) is 2.44. The molecule has 1 heterocycles. The summed E-state index contributed by atoms with van der Waals surface area (Å²) in [6.45, 7) is 0.441. The molecule has 0 aliphatic heterocycles. The smallest absolute Gasteiger partial charge is 0.203 e. The van der Waals surface area contributed by atoms with Crippen molar-refractivity contribution in [2.24, 2.45) is 5.73 Å². The van der Waals surface area contributed by atoms with Crippen LogP contribution in [0.4, 0.5) is 0 Å². The fourth-order valence-corrected chi connectivity index (χ4v) is 1.51. The van der Waals surface area contributed by atoms with Crippen LogP contribution in [0, 0.1) is 0 Å². The Hall–Kier alpha value is -2.34. The van der Waals surface area contributed by atoms with Crippen molar-refractivity contribution in [2.45, 2.75) is 6.54 Å². The van der Waals surface area contributed by atoms with Gasteiger partial charge in [0.15, 0.2) is 11.5 Å². The molecule has 0 radical (unpaired) electrons. The van der Waals surface area contributed by atoms with Gasteiger partial charge in [-0.25, -0.2) is 9.97 Å². The van der Waals surface area contributed by atoms with Crippen molar-refractivity contribution in [2.75, 3.05) is 21.3 Å². The lowest BCUT2D eigenvalue weighted by molar-refractivity contribution is 0.324. The SMILES string of the molecule is COc1cc(CN)cc(OC)c1OC.c1cncnc1. The van der Waals surface area contributed by atoms with Crippen molar-refractivity contribution in [3.8, 4) is 17.2 Å². The van der Waals surface area contributed by atoms with Gasteiger partial charge in [0, 0.05) is 18.9 Å². The van der Waals surface area contributed by atoms with Crippen LogP contribution in [0.25, 0.3) is 0 Å². The van der Waals surface area contributed by atoms with Crippen molar-refractivity contribution in [1.29, 1.82) is 0 Å². The lowest BCUT2D eigenvalue weighted by atomic mass is 10.2. The highest BCUT2D eigenvalue weighted by Crippen LogP contribution is 2.37. The van der Waals surface area contributed by atoms with Crippen LogP contribution in [-0.4, -0.2) is 31.3 Å². The van der Waals surface area contributed by atoms with E-state index in [9.17, 15) is 0 Å². The molecule has 6 heteroatoms. The van der Waals surface area contributed by atoms with E-state index >= 15 is 0 Å². The summed E-state index contributed by atoms with van der Waals surface area (Å²) in [6.07, 6.45) is 4.88. The minimum atomic E-state index is 0.441. The molecule has 0 bridgehead atoms. The number of hydrogen-bond donors (Lipinski definition) is 1. The van der Waals surface area contributed by atoms with Gasteiger partial charge in [-0.1, -0.05) is 0 Å². The van der Waals surface area contributed by atoms with Gasteiger partial charge in [0.05, 0.1) is 21.3 Å². The molecule has 2 aromatic rings. The molecule has 0 fully saturated rings. The number of nitrogens with zero attached hydrogens (tertiary/aromatic N) is 2. The van der Waals surface area contributed by atoms with E-state index in [2.05, 4.69) is 9.97 Å². The van der Waals surface area contributed by atoms with Crippen LogP contribution in [0.5, 0.6) is 17.2 Å². The highest BCUT2D eigenvalue weighted by Gasteiger charge is 2.11. The summed E-state index contributed by atoms with van der Waals surface area (Å²) in [4.78, 5) is 7.35. The molecule has 0 spiro atoms. The minimum Gasteiger partial charge on any atom is -0.493 e. The number of nitrogens with two attached hydrogens (primary N) is 1. The summed E-state index contributed by atoms with van der Waals surface area (Å²) in [7, 11) is 4.73. The Bertz CT molecular complexity index is 455. The molecular weight excluding hydrogens is 258 g/mol. The Morgan fingerprint density at radius 1 is 0.950 bits per heavy atom. The number of rotatable bonds is 4. The third-order valence-electron chi connectivity index (χ3n) is 2.44. The van der Waals surface area contributed by atoms with E-state index in [0.717, 1.165) is 5.56 Å². The molecular formula is C14H19N3O3. The molecule has 0 unspecified atom stereocenters. The number of hydrogen-bond acceptors (Lipinski definition) is 6. The van der Waals surface area contributed by atoms with Crippen LogP contribution in [0.3, 0.4) is 0 Å². The highest BCUT2D eigenvalue weighted by atomic mass is 16.5. The Morgan fingerprint density at radius 2 is 1.50 bits per heavy atom. The molecule has 1 aromatic heterocycles. The van der Waals surface area contributed by atoms with E-state index in [4.69, 9.17) is 19.9 Å². The maximum atomic E-state index is 5.54. The molecule has 6 nitrogen and oxygen atoms in total. The first-order chi connectivity index (χ1) is 9.76. The average Bonchev–Trinajstić information content (AvgIpc) is 2.55. The molecule has 0 amide bonds. The number of methoxy groups -OCH3 is 3. The lowest BCUT2D eigenvalue weighted by Gasteiger charge is -2.13. The fourth-order valence-electron chi connectivity index (χ4n) is 1.51. The summed E-state index contributed by atoms with van der Waals surface area (Å²) in [5, 5.41) is 0. The summed E-state index contributed by atoms with van der Waals surface area (Å²) in [5.41, 5.74) is 6.48. The normalized spacial score (nSPS) is 9.20. The summed E-state index contributed by atoms with van der Waals surface area (Å²) in [5.74, 6) is 1.85. The zero-order chi connectivity index (χ0) is 14.8. The molecule has 2 N–H and O–H groups in total. The molecule has 2 rings (SSSR count). The lowest BCUT2D eigenvalue weighted by Crippen LogP contribution is -2.00. The second-order valence-corrected chi connectivity index (χ2v) is 3.64. The molecule has 0 aliphatic rings. The van der Waals surface area contributed by atoms with Crippen molar-refractivity contribution in [1.82, 2.24) is 9.97 Å². The Kier molecular flexibility index (Phi) is 6.84. The van der Waals surface area contributed by atoms with Crippen LogP contribution in [0.15, 0.2) is 36.9 Å². The van der Waals surface area contributed by atoms with Crippen molar-refractivity contribution in [3.05, 3.63) is 42.5 Å². The van der Waals surface area contributed by atoms with E-state index in [0.29, 0.717) is 23.8 Å². The number of ether oxygens (including phenoxy) is 3. The maximum Gasteiger partial charge on any atom is 0.203 e. The zero-order valence-electron chi connectivity index (χ0n) is 11.9. The largest absolute Gasteiger partial charge is 0.493 e. The Labute approximate surface area is 118 Å². The first-order valence-electron chi connectivity index (χ1n) is 5.95. The average molecular weight is 277 g/mol. The molecule has 20 heavy (non-hydrogen) atoms. The monoisotopic (exact) mass is 277 g/mol. The predicted octanol–water partition coefficient (Wildman–Crippen LogP) is 1.65. The summed E-state index contributed by atoms with van der Waals surface area (Å²) >= 11 is 0. The van der Waals surface area contributed by atoms with Crippen molar-refractivity contribution >= 4 is 0 Å². The highest BCUT2D eigenvalue weighted by molar-refractivity contribution is 5.53. The van der Waals surface area contributed by atoms with E-state index in [1.54, 1.807) is 39.8 Å². The van der Waals surface area contributed by atoms with Gasteiger partial charge in [-0.05, 0) is 23.8 Å². The first-order valence-corrected chi connectivity index (χ1v) is 5.95. The second kappa shape index (κ2) is 8.71. The Balaban J connectivity index is 0.000000276. The van der Waals surface area contributed by atoms with Crippen molar-refractivity contribution in [3.63, 3.8) is 0 Å². The second-order valence-electron chi connectivity index (χ2n) is 3.64. The quantitative estimate of drug-likeness (QED) is 0.915. The van der Waals surface area contributed by atoms with Gasteiger partial charge >= 0.3 is 0 Å². The number of benzene rings is 1. The van der Waals surface area contributed by atoms with Crippen LogP contribution in [0.1, 0.15) is 5.56 Å². The van der Waals surface area contributed by atoms with Gasteiger partial charge in [-0.3, -0.25) is 0 Å². The molecule has 0 saturated carbocycles. The van der Waals surface area contributed by atoms with Gasteiger partial charge in [-0.15, -0.1) is 0 Å². The van der Waals surface area contributed by atoms with E-state index in [-0.39, 0.29) is 0 Å². The van der Waals surface area contributed by atoms with Crippen molar-refractivity contribution < 1.29 is 14.2 Å². The topological polar surface area (TPSA) is 79.5 Å². The maximum absolute atomic E-state index is 5.54. The predicted molar refractivity (Wildman–Crippen MR) is 76.0 cm³/mol. The number of aromatic nitrogens is 2. The molecule has 108 valence electrons. The molecule has 0 saturated heterocycles.